The number of hydrogen-bond acceptors (Lipinski definition) is 2. The molecule has 0 rings (SSSR count). The maximum absolute atomic E-state index is 5.56. The van der Waals surface area contributed by atoms with E-state index in [1.807, 2.05) is 0 Å². The molecule has 0 N–H and O–H groups in total. The molecule has 0 spiro atoms. The third-order valence-corrected chi connectivity index (χ3v) is 5.45. The first-order chi connectivity index (χ1) is 12.0. The van der Waals surface area contributed by atoms with Crippen LogP contribution in [0.1, 0.15) is 98.8 Å². The molecule has 0 aromatic rings. The maximum Gasteiger partial charge on any atom is 0.0700 e. The highest BCUT2D eigenvalue weighted by Crippen LogP contribution is 2.22. The molecule has 0 saturated heterocycles. The number of hydrogen-bond donors (Lipinski definition) is 0. The summed E-state index contributed by atoms with van der Waals surface area (Å²) in [6, 6.07) is 0. The van der Waals surface area contributed by atoms with E-state index >= 15 is 0 Å². The van der Waals surface area contributed by atoms with Crippen molar-refractivity contribution in [2.75, 3.05) is 26.9 Å². The third-order valence-electron chi connectivity index (χ3n) is 5.45. The van der Waals surface area contributed by atoms with Gasteiger partial charge in [-0.1, -0.05) is 92.4 Å². The van der Waals surface area contributed by atoms with Crippen LogP contribution in [-0.2, 0) is 9.47 Å². The molecule has 0 aliphatic heterocycles. The molecule has 3 atom stereocenters. The molecule has 0 aliphatic rings. The first-order valence-electron chi connectivity index (χ1n) is 11.0. The molecule has 0 amide bonds. The second-order valence-electron chi connectivity index (χ2n) is 8.90. The van der Waals surface area contributed by atoms with Crippen molar-refractivity contribution < 1.29 is 9.47 Å². The molecule has 0 unspecified atom stereocenters. The van der Waals surface area contributed by atoms with Crippen molar-refractivity contribution in [2.24, 2.45) is 23.7 Å². The van der Waals surface area contributed by atoms with Crippen molar-refractivity contribution in [1.82, 2.24) is 0 Å². The van der Waals surface area contributed by atoms with Crippen LogP contribution in [0.5, 0.6) is 0 Å². The SMILES string of the molecule is COCCOCC[C@H](C)CCC[C@H](C)CCC[C@H](C)CCCC(C)C. The van der Waals surface area contributed by atoms with E-state index in [2.05, 4.69) is 34.6 Å². The molecule has 2 heteroatoms. The molecule has 0 aromatic heterocycles. The van der Waals surface area contributed by atoms with E-state index in [0.29, 0.717) is 6.61 Å². The van der Waals surface area contributed by atoms with Crippen LogP contribution in [0.25, 0.3) is 0 Å². The predicted octanol–water partition coefficient (Wildman–Crippen LogP) is 7.11. The van der Waals surface area contributed by atoms with E-state index < -0.39 is 0 Å². The lowest BCUT2D eigenvalue weighted by Gasteiger charge is -2.16. The molecule has 0 aliphatic carbocycles. The largest absolute Gasteiger partial charge is 0.382 e. The number of ether oxygens (including phenoxy) is 2. The summed E-state index contributed by atoms with van der Waals surface area (Å²) < 4.78 is 10.6. The van der Waals surface area contributed by atoms with Gasteiger partial charge in [0.25, 0.3) is 0 Å². The molecule has 2 nitrogen and oxygen atoms in total. The smallest absolute Gasteiger partial charge is 0.0700 e. The highest BCUT2D eigenvalue weighted by atomic mass is 16.5. The summed E-state index contributed by atoms with van der Waals surface area (Å²) in [5, 5.41) is 0. The standard InChI is InChI=1S/C23H48O2/c1-20(2)10-7-11-21(3)12-8-13-22(4)14-9-15-23(5)16-17-25-19-18-24-6/h20-23H,7-19H2,1-6H3/t21-,22-,23-/m1/s1. The minimum Gasteiger partial charge on any atom is -0.382 e. The van der Waals surface area contributed by atoms with E-state index in [-0.39, 0.29) is 0 Å². The Hall–Kier alpha value is -0.0800. The maximum atomic E-state index is 5.56. The van der Waals surface area contributed by atoms with E-state index in [9.17, 15) is 0 Å². The molecule has 0 aromatic carbocycles. The van der Waals surface area contributed by atoms with Crippen LogP contribution in [0.2, 0.25) is 0 Å². The first-order valence-corrected chi connectivity index (χ1v) is 11.0. The molecule has 0 bridgehead atoms. The van der Waals surface area contributed by atoms with Crippen molar-refractivity contribution in [3.05, 3.63) is 0 Å². The fraction of sp³-hybridized carbons (Fsp3) is 1.00. The van der Waals surface area contributed by atoms with Crippen LogP contribution in [0.4, 0.5) is 0 Å². The van der Waals surface area contributed by atoms with Crippen molar-refractivity contribution in [3.8, 4) is 0 Å². The van der Waals surface area contributed by atoms with E-state index in [1.165, 1.54) is 64.2 Å². The Morgan fingerprint density at radius 1 is 0.520 bits per heavy atom. The van der Waals surface area contributed by atoms with Crippen molar-refractivity contribution in [2.45, 2.75) is 98.8 Å². The van der Waals surface area contributed by atoms with Crippen LogP contribution in [-0.4, -0.2) is 26.9 Å². The Morgan fingerprint density at radius 3 is 1.40 bits per heavy atom. The number of methoxy groups -OCH3 is 1. The van der Waals surface area contributed by atoms with Gasteiger partial charge in [-0.05, 0) is 30.1 Å². The molecule has 0 fully saturated rings. The van der Waals surface area contributed by atoms with Gasteiger partial charge in [-0.25, -0.2) is 0 Å². The van der Waals surface area contributed by atoms with E-state index in [4.69, 9.17) is 9.47 Å². The van der Waals surface area contributed by atoms with Gasteiger partial charge >= 0.3 is 0 Å². The molecular formula is C23H48O2. The summed E-state index contributed by atoms with van der Waals surface area (Å²) in [5.74, 6) is 3.47. The second-order valence-corrected chi connectivity index (χ2v) is 8.90. The van der Waals surface area contributed by atoms with Crippen molar-refractivity contribution in [1.29, 1.82) is 0 Å². The van der Waals surface area contributed by atoms with Crippen LogP contribution in [0.3, 0.4) is 0 Å². The highest BCUT2D eigenvalue weighted by Gasteiger charge is 2.08. The van der Waals surface area contributed by atoms with Crippen LogP contribution < -0.4 is 0 Å². The van der Waals surface area contributed by atoms with Crippen molar-refractivity contribution >= 4 is 0 Å². The average molecular weight is 357 g/mol. The zero-order valence-corrected chi connectivity index (χ0v) is 18.3. The molecule has 25 heavy (non-hydrogen) atoms. The summed E-state index contributed by atoms with van der Waals surface area (Å²) in [6.07, 6.45) is 13.8. The Kier molecular flexibility index (Phi) is 17.3. The monoisotopic (exact) mass is 356 g/mol. The van der Waals surface area contributed by atoms with Gasteiger partial charge < -0.3 is 9.47 Å². The van der Waals surface area contributed by atoms with E-state index in [1.54, 1.807) is 7.11 Å². The highest BCUT2D eigenvalue weighted by molar-refractivity contribution is 4.61. The quantitative estimate of drug-likeness (QED) is 0.243. The van der Waals surface area contributed by atoms with Gasteiger partial charge in [-0.15, -0.1) is 0 Å². The topological polar surface area (TPSA) is 18.5 Å². The molecule has 0 radical (unpaired) electrons. The summed E-state index contributed by atoms with van der Waals surface area (Å²) >= 11 is 0. The van der Waals surface area contributed by atoms with Gasteiger partial charge in [-0.3, -0.25) is 0 Å². The summed E-state index contributed by atoms with van der Waals surface area (Å²) in [7, 11) is 1.72. The zero-order chi connectivity index (χ0) is 18.9. The minimum absolute atomic E-state index is 0.711. The van der Waals surface area contributed by atoms with Crippen LogP contribution in [0.15, 0.2) is 0 Å². The van der Waals surface area contributed by atoms with Gasteiger partial charge in [0.15, 0.2) is 0 Å². The Bertz CT molecular complexity index is 265. The molecular weight excluding hydrogens is 308 g/mol. The third kappa shape index (κ3) is 18.5. The van der Waals surface area contributed by atoms with Crippen LogP contribution >= 0.6 is 0 Å². The minimum atomic E-state index is 0.711. The summed E-state index contributed by atoms with van der Waals surface area (Å²) in [6.45, 7) is 14.3. The van der Waals surface area contributed by atoms with Gasteiger partial charge in [0.1, 0.15) is 0 Å². The lowest BCUT2D eigenvalue weighted by Crippen LogP contribution is -2.07. The predicted molar refractivity (Wildman–Crippen MR) is 111 cm³/mol. The zero-order valence-electron chi connectivity index (χ0n) is 18.3. The Balaban J connectivity index is 3.46. The summed E-state index contributed by atoms with van der Waals surface area (Å²) in [5.41, 5.74) is 0. The van der Waals surface area contributed by atoms with Gasteiger partial charge in [-0.2, -0.15) is 0 Å². The fourth-order valence-electron chi connectivity index (χ4n) is 3.47. The lowest BCUT2D eigenvalue weighted by atomic mass is 9.91. The average Bonchev–Trinajstić information content (AvgIpc) is 2.54. The molecule has 0 heterocycles. The van der Waals surface area contributed by atoms with Gasteiger partial charge in [0.05, 0.1) is 13.2 Å². The normalized spacial score (nSPS) is 15.5. The van der Waals surface area contributed by atoms with Crippen molar-refractivity contribution in [3.63, 3.8) is 0 Å². The van der Waals surface area contributed by atoms with Crippen LogP contribution in [0, 0.1) is 23.7 Å². The summed E-state index contributed by atoms with van der Waals surface area (Å²) in [4.78, 5) is 0. The van der Waals surface area contributed by atoms with Gasteiger partial charge in [0.2, 0.25) is 0 Å². The lowest BCUT2D eigenvalue weighted by molar-refractivity contribution is 0.0639. The van der Waals surface area contributed by atoms with Gasteiger partial charge in [0, 0.05) is 13.7 Å². The Morgan fingerprint density at radius 2 is 0.960 bits per heavy atom. The van der Waals surface area contributed by atoms with E-state index in [0.717, 1.165) is 36.9 Å². The number of rotatable bonds is 18. The molecule has 152 valence electrons. The second kappa shape index (κ2) is 17.3. The first kappa shape index (κ1) is 24.9. The fourth-order valence-corrected chi connectivity index (χ4v) is 3.47. The molecule has 0 saturated carbocycles. The Labute approximate surface area is 159 Å².